The second-order valence-corrected chi connectivity index (χ2v) is 3.73. The highest BCUT2D eigenvalue weighted by Crippen LogP contribution is 2.17. The van der Waals surface area contributed by atoms with Crippen molar-refractivity contribution in [1.82, 2.24) is 0 Å². The van der Waals surface area contributed by atoms with E-state index in [4.69, 9.17) is 10.5 Å². The lowest BCUT2D eigenvalue weighted by molar-refractivity contribution is -0.148. The smallest absolute Gasteiger partial charge is 0.348 e. The molecule has 0 aliphatic rings. The van der Waals surface area contributed by atoms with E-state index in [9.17, 15) is 4.79 Å². The summed E-state index contributed by atoms with van der Waals surface area (Å²) < 4.78 is 10.8. The lowest BCUT2D eigenvalue weighted by Gasteiger charge is -2.14. The third-order valence-electron chi connectivity index (χ3n) is 1.77. The van der Waals surface area contributed by atoms with Crippen molar-refractivity contribution in [3.05, 3.63) is 28.7 Å². The van der Waals surface area contributed by atoms with Gasteiger partial charge in [-0.2, -0.15) is 0 Å². The summed E-state index contributed by atoms with van der Waals surface area (Å²) in [7, 11) is 1.30. The minimum Gasteiger partial charge on any atom is -0.477 e. The first-order chi connectivity index (χ1) is 7.17. The minimum atomic E-state index is -0.754. The fourth-order valence-corrected chi connectivity index (χ4v) is 1.27. The van der Waals surface area contributed by atoms with E-state index in [0.717, 1.165) is 4.47 Å². The van der Waals surface area contributed by atoms with Crippen molar-refractivity contribution in [2.45, 2.75) is 6.10 Å². The van der Waals surface area contributed by atoms with Crippen LogP contribution >= 0.6 is 15.9 Å². The monoisotopic (exact) mass is 273 g/mol. The van der Waals surface area contributed by atoms with Crippen molar-refractivity contribution in [2.75, 3.05) is 13.7 Å². The predicted molar refractivity (Wildman–Crippen MR) is 59.6 cm³/mol. The van der Waals surface area contributed by atoms with E-state index in [0.29, 0.717) is 5.75 Å². The number of rotatable bonds is 4. The molecule has 0 unspecified atom stereocenters. The molecular formula is C10H12BrNO3. The third kappa shape index (κ3) is 3.53. The lowest BCUT2D eigenvalue weighted by Crippen LogP contribution is -2.35. The quantitative estimate of drug-likeness (QED) is 0.841. The Balaban J connectivity index is 2.66. The van der Waals surface area contributed by atoms with Gasteiger partial charge in [-0.05, 0) is 24.3 Å². The number of nitrogens with two attached hydrogens (primary N) is 1. The summed E-state index contributed by atoms with van der Waals surface area (Å²) in [6.45, 7) is 0.0860. The molecule has 4 nitrogen and oxygen atoms in total. The highest BCUT2D eigenvalue weighted by atomic mass is 79.9. The molecule has 0 aliphatic heterocycles. The van der Waals surface area contributed by atoms with E-state index >= 15 is 0 Å². The number of methoxy groups -OCH3 is 1. The number of halogens is 1. The molecule has 0 saturated heterocycles. The molecule has 0 bridgehead atoms. The molecule has 0 heterocycles. The van der Waals surface area contributed by atoms with Gasteiger partial charge in [0.05, 0.1) is 7.11 Å². The van der Waals surface area contributed by atoms with Crippen LogP contribution in [0.4, 0.5) is 0 Å². The average molecular weight is 274 g/mol. The number of esters is 1. The van der Waals surface area contributed by atoms with Crippen LogP contribution in [-0.4, -0.2) is 25.7 Å². The average Bonchev–Trinajstić information content (AvgIpc) is 2.27. The maximum Gasteiger partial charge on any atom is 0.348 e. The van der Waals surface area contributed by atoms with Crippen molar-refractivity contribution < 1.29 is 14.3 Å². The first-order valence-corrected chi connectivity index (χ1v) is 5.16. The van der Waals surface area contributed by atoms with Crippen LogP contribution < -0.4 is 10.5 Å². The van der Waals surface area contributed by atoms with E-state index < -0.39 is 12.1 Å². The van der Waals surface area contributed by atoms with E-state index in [1.54, 1.807) is 12.1 Å². The van der Waals surface area contributed by atoms with Gasteiger partial charge in [0, 0.05) is 11.0 Å². The Morgan fingerprint density at radius 3 is 2.53 bits per heavy atom. The fourth-order valence-electron chi connectivity index (χ4n) is 1.00. The number of hydrogen-bond donors (Lipinski definition) is 1. The molecule has 0 aliphatic carbocycles. The van der Waals surface area contributed by atoms with Crippen molar-refractivity contribution in [1.29, 1.82) is 0 Å². The summed E-state index contributed by atoms with van der Waals surface area (Å²) >= 11 is 3.30. The van der Waals surface area contributed by atoms with Crippen molar-refractivity contribution in [2.24, 2.45) is 5.73 Å². The standard InChI is InChI=1S/C10H12BrNO3/c1-14-10(13)9(6-12)15-8-4-2-7(11)3-5-8/h2-5,9H,6,12H2,1H3/t9-/m0/s1. The first kappa shape index (κ1) is 12.0. The molecule has 0 saturated carbocycles. The first-order valence-electron chi connectivity index (χ1n) is 4.37. The Labute approximate surface area is 96.5 Å². The van der Waals surface area contributed by atoms with Gasteiger partial charge in [0.2, 0.25) is 6.10 Å². The van der Waals surface area contributed by atoms with Gasteiger partial charge in [-0.3, -0.25) is 0 Å². The summed E-state index contributed by atoms with van der Waals surface area (Å²) in [5.74, 6) is 0.111. The van der Waals surface area contributed by atoms with Crippen LogP contribution in [0.1, 0.15) is 0 Å². The van der Waals surface area contributed by atoms with Gasteiger partial charge < -0.3 is 15.2 Å². The van der Waals surface area contributed by atoms with Crippen LogP contribution in [0, 0.1) is 0 Å². The summed E-state index contributed by atoms with van der Waals surface area (Å²) in [4.78, 5) is 11.2. The predicted octanol–water partition coefficient (Wildman–Crippen LogP) is 1.33. The summed E-state index contributed by atoms with van der Waals surface area (Å²) in [5, 5.41) is 0. The molecule has 0 spiro atoms. The van der Waals surface area contributed by atoms with Gasteiger partial charge in [0.15, 0.2) is 0 Å². The Morgan fingerprint density at radius 2 is 2.07 bits per heavy atom. The molecule has 1 aromatic carbocycles. The van der Waals surface area contributed by atoms with Gasteiger partial charge >= 0.3 is 5.97 Å². The largest absolute Gasteiger partial charge is 0.477 e. The van der Waals surface area contributed by atoms with Gasteiger partial charge in [-0.25, -0.2) is 4.79 Å². The van der Waals surface area contributed by atoms with E-state index in [1.165, 1.54) is 7.11 Å². The van der Waals surface area contributed by atoms with E-state index in [2.05, 4.69) is 20.7 Å². The molecule has 5 heteroatoms. The molecule has 0 fully saturated rings. The molecule has 1 aromatic rings. The Kier molecular flexibility index (Phi) is 4.58. The lowest BCUT2D eigenvalue weighted by atomic mass is 10.3. The number of benzene rings is 1. The highest BCUT2D eigenvalue weighted by Gasteiger charge is 2.18. The summed E-state index contributed by atoms with van der Waals surface area (Å²) in [6, 6.07) is 7.13. The second kappa shape index (κ2) is 5.72. The zero-order chi connectivity index (χ0) is 11.3. The Hall–Kier alpha value is -1.07. The van der Waals surface area contributed by atoms with Crippen molar-refractivity contribution >= 4 is 21.9 Å². The van der Waals surface area contributed by atoms with Crippen molar-refractivity contribution in [3.8, 4) is 5.75 Å². The normalized spacial score (nSPS) is 11.9. The van der Waals surface area contributed by atoms with Gasteiger partial charge in [-0.1, -0.05) is 15.9 Å². The molecule has 2 N–H and O–H groups in total. The van der Waals surface area contributed by atoms with E-state index in [1.807, 2.05) is 12.1 Å². The molecule has 1 rings (SSSR count). The topological polar surface area (TPSA) is 61.5 Å². The minimum absolute atomic E-state index is 0.0860. The zero-order valence-electron chi connectivity index (χ0n) is 8.27. The molecular weight excluding hydrogens is 262 g/mol. The van der Waals surface area contributed by atoms with Gasteiger partial charge in [0.25, 0.3) is 0 Å². The Bertz CT molecular complexity index is 326. The van der Waals surface area contributed by atoms with Gasteiger partial charge in [0.1, 0.15) is 5.75 Å². The van der Waals surface area contributed by atoms with Gasteiger partial charge in [-0.15, -0.1) is 0 Å². The maximum absolute atomic E-state index is 11.2. The number of hydrogen-bond acceptors (Lipinski definition) is 4. The second-order valence-electron chi connectivity index (χ2n) is 2.82. The van der Waals surface area contributed by atoms with Crippen LogP contribution in [0.15, 0.2) is 28.7 Å². The number of carbonyl (C=O) groups is 1. The third-order valence-corrected chi connectivity index (χ3v) is 2.30. The van der Waals surface area contributed by atoms with Crippen LogP contribution in [-0.2, 0) is 9.53 Å². The molecule has 1 atom stereocenters. The number of carbonyl (C=O) groups excluding carboxylic acids is 1. The van der Waals surface area contributed by atoms with Crippen LogP contribution in [0.2, 0.25) is 0 Å². The molecule has 0 radical (unpaired) electrons. The maximum atomic E-state index is 11.2. The Morgan fingerprint density at radius 1 is 1.47 bits per heavy atom. The van der Waals surface area contributed by atoms with Crippen molar-refractivity contribution in [3.63, 3.8) is 0 Å². The fraction of sp³-hybridized carbons (Fsp3) is 0.300. The molecule has 0 aromatic heterocycles. The molecule has 15 heavy (non-hydrogen) atoms. The summed E-state index contributed by atoms with van der Waals surface area (Å²) in [6.07, 6.45) is -0.754. The van der Waals surface area contributed by atoms with Crippen LogP contribution in [0.25, 0.3) is 0 Å². The SMILES string of the molecule is COC(=O)[C@H](CN)Oc1ccc(Br)cc1. The van der Waals surface area contributed by atoms with E-state index in [-0.39, 0.29) is 6.54 Å². The molecule has 82 valence electrons. The highest BCUT2D eigenvalue weighted by molar-refractivity contribution is 9.10. The summed E-state index contributed by atoms with van der Waals surface area (Å²) in [5.41, 5.74) is 5.39. The number of ether oxygens (including phenoxy) is 2. The molecule has 0 amide bonds. The van der Waals surface area contributed by atoms with Crippen LogP contribution in [0.3, 0.4) is 0 Å². The van der Waals surface area contributed by atoms with Crippen LogP contribution in [0.5, 0.6) is 5.75 Å². The zero-order valence-corrected chi connectivity index (χ0v) is 9.86.